The summed E-state index contributed by atoms with van der Waals surface area (Å²) in [4.78, 5) is 22.4. The fraction of sp³-hybridized carbons (Fsp3) is 0.154. The monoisotopic (exact) mass is 405 g/mol. The number of nitrogens with zero attached hydrogens (tertiary/aromatic N) is 4. The number of benzene rings is 1. The summed E-state index contributed by atoms with van der Waals surface area (Å²) in [6, 6.07) is 11.9. The number of hydrogen-bond donors (Lipinski definition) is 1. The molecule has 0 bridgehead atoms. The van der Waals surface area contributed by atoms with Crippen molar-refractivity contribution in [3.8, 4) is 0 Å². The summed E-state index contributed by atoms with van der Waals surface area (Å²) < 4.78 is 0. The molecule has 2 aliphatic rings. The smallest absolute Gasteiger partial charge is 0.134 e. The van der Waals surface area contributed by atoms with Crippen LogP contribution in [0.2, 0.25) is 0 Å². The van der Waals surface area contributed by atoms with Crippen LogP contribution < -0.4 is 0 Å². The molecule has 31 heavy (non-hydrogen) atoms. The fourth-order valence-electron chi connectivity index (χ4n) is 3.66. The number of imidazole rings is 1. The molecule has 0 radical (unpaired) electrons. The van der Waals surface area contributed by atoms with Crippen LogP contribution in [0, 0.1) is 5.92 Å². The number of aromatic amines is 1. The first kappa shape index (κ1) is 19.1. The van der Waals surface area contributed by atoms with Gasteiger partial charge in [-0.25, -0.2) is 15.0 Å². The summed E-state index contributed by atoms with van der Waals surface area (Å²) in [6.45, 7) is 2.15. The summed E-state index contributed by atoms with van der Waals surface area (Å²) in [7, 11) is 0. The van der Waals surface area contributed by atoms with Gasteiger partial charge in [0.05, 0.1) is 28.1 Å². The Hall–Kier alpha value is -3.86. The third-order valence-corrected chi connectivity index (χ3v) is 5.38. The first-order chi connectivity index (χ1) is 15.3. The van der Waals surface area contributed by atoms with Gasteiger partial charge >= 0.3 is 0 Å². The lowest BCUT2D eigenvalue weighted by atomic mass is 10.1. The maximum absolute atomic E-state index is 4.90. The predicted molar refractivity (Wildman–Crippen MR) is 128 cm³/mol. The highest BCUT2D eigenvalue weighted by atomic mass is 15.0. The lowest BCUT2D eigenvalue weighted by Crippen LogP contribution is -2.09. The molecule has 0 saturated carbocycles. The van der Waals surface area contributed by atoms with Crippen LogP contribution in [-0.4, -0.2) is 26.5 Å². The second kappa shape index (κ2) is 8.48. The quantitative estimate of drug-likeness (QED) is 0.583. The van der Waals surface area contributed by atoms with E-state index in [2.05, 4.69) is 41.2 Å². The highest BCUT2D eigenvalue weighted by Gasteiger charge is 2.15. The first-order valence-corrected chi connectivity index (χ1v) is 10.5. The van der Waals surface area contributed by atoms with E-state index in [-0.39, 0.29) is 5.92 Å². The van der Waals surface area contributed by atoms with Crippen molar-refractivity contribution < 1.29 is 0 Å². The van der Waals surface area contributed by atoms with Gasteiger partial charge in [0.15, 0.2) is 0 Å². The van der Waals surface area contributed by atoms with E-state index in [4.69, 9.17) is 15.0 Å². The Labute approximate surface area is 181 Å². The van der Waals surface area contributed by atoms with Gasteiger partial charge in [0.1, 0.15) is 11.7 Å². The minimum absolute atomic E-state index is 0.222. The number of fused-ring (bicyclic) bond motifs is 1. The molecule has 3 heterocycles. The van der Waals surface area contributed by atoms with Crippen LogP contribution in [-0.2, 0) is 0 Å². The minimum Gasteiger partial charge on any atom is -0.338 e. The van der Waals surface area contributed by atoms with Crippen molar-refractivity contribution >= 4 is 33.8 Å². The molecule has 0 spiro atoms. The molecule has 2 aromatic heterocycles. The zero-order valence-corrected chi connectivity index (χ0v) is 17.4. The molecule has 0 saturated heterocycles. The van der Waals surface area contributed by atoms with Gasteiger partial charge in [-0.1, -0.05) is 49.4 Å². The van der Waals surface area contributed by atoms with Gasteiger partial charge in [0.25, 0.3) is 0 Å². The number of aromatic nitrogens is 3. The number of hydrogen-bond acceptors (Lipinski definition) is 3. The SMILES string of the molecule is CC1CC=CC(c2ccccn2)=NC1=Nc1ccc2nc(C3=CC=CC=CC3)[nH]c2c1. The molecule has 152 valence electrons. The van der Waals surface area contributed by atoms with E-state index in [0.29, 0.717) is 0 Å². The Balaban J connectivity index is 1.50. The highest BCUT2D eigenvalue weighted by molar-refractivity contribution is 6.14. The largest absolute Gasteiger partial charge is 0.338 e. The Bertz CT molecular complexity index is 1290. The molecule has 5 rings (SSSR count). The van der Waals surface area contributed by atoms with E-state index in [1.807, 2.05) is 54.6 Å². The van der Waals surface area contributed by atoms with Gasteiger partial charge in [-0.15, -0.1) is 0 Å². The van der Waals surface area contributed by atoms with Crippen LogP contribution in [0.1, 0.15) is 31.3 Å². The standard InChI is InChI=1S/C26H23N5/c1-18-9-8-13-22(21-12-6-7-16-27-21)29-25(18)28-20-14-15-23-24(17-20)31-26(30-23)19-10-4-2-3-5-11-19/h2-8,10,12-18H,9,11H2,1H3,(H,30,31). The maximum atomic E-state index is 4.90. The van der Waals surface area contributed by atoms with Gasteiger partial charge < -0.3 is 4.98 Å². The van der Waals surface area contributed by atoms with Crippen molar-refractivity contribution in [1.82, 2.24) is 15.0 Å². The van der Waals surface area contributed by atoms with E-state index in [1.165, 1.54) is 5.57 Å². The third-order valence-electron chi connectivity index (χ3n) is 5.38. The van der Waals surface area contributed by atoms with E-state index >= 15 is 0 Å². The molecule has 5 heteroatoms. The van der Waals surface area contributed by atoms with Crippen LogP contribution in [0.4, 0.5) is 5.69 Å². The number of allylic oxidation sites excluding steroid dienone is 8. The average Bonchev–Trinajstić information content (AvgIpc) is 2.93. The fourth-order valence-corrected chi connectivity index (χ4v) is 3.66. The van der Waals surface area contributed by atoms with Crippen molar-refractivity contribution in [2.75, 3.05) is 0 Å². The maximum Gasteiger partial charge on any atom is 0.134 e. The summed E-state index contributed by atoms with van der Waals surface area (Å²) >= 11 is 0. The number of aliphatic imine (C=N–C) groups is 2. The summed E-state index contributed by atoms with van der Waals surface area (Å²) in [6.07, 6.45) is 18.1. The summed E-state index contributed by atoms with van der Waals surface area (Å²) in [5.74, 6) is 1.94. The normalized spacial score (nSPS) is 19.9. The molecule has 1 unspecified atom stereocenters. The molecule has 5 nitrogen and oxygen atoms in total. The van der Waals surface area contributed by atoms with Crippen LogP contribution in [0.15, 0.2) is 95.1 Å². The van der Waals surface area contributed by atoms with Crippen molar-refractivity contribution in [2.45, 2.75) is 19.8 Å². The number of rotatable bonds is 3. The molecule has 1 N–H and O–H groups in total. The number of pyridine rings is 1. The molecule has 1 aliphatic heterocycles. The number of H-pyrrole nitrogens is 1. The lowest BCUT2D eigenvalue weighted by molar-refractivity contribution is 0.786. The average molecular weight is 406 g/mol. The van der Waals surface area contributed by atoms with Crippen LogP contribution >= 0.6 is 0 Å². The first-order valence-electron chi connectivity index (χ1n) is 10.5. The molecule has 0 amide bonds. The van der Waals surface area contributed by atoms with Gasteiger partial charge in [0, 0.05) is 12.1 Å². The summed E-state index contributed by atoms with van der Waals surface area (Å²) in [5, 5.41) is 0. The third kappa shape index (κ3) is 4.21. The molecule has 1 aliphatic carbocycles. The van der Waals surface area contributed by atoms with E-state index in [0.717, 1.165) is 52.6 Å². The number of amidine groups is 1. The van der Waals surface area contributed by atoms with Crippen molar-refractivity contribution in [2.24, 2.45) is 15.9 Å². The van der Waals surface area contributed by atoms with Gasteiger partial charge in [-0.2, -0.15) is 0 Å². The summed E-state index contributed by atoms with van der Waals surface area (Å²) in [5.41, 5.74) is 5.64. The van der Waals surface area contributed by atoms with E-state index in [1.54, 1.807) is 6.20 Å². The van der Waals surface area contributed by atoms with Crippen molar-refractivity contribution in [3.63, 3.8) is 0 Å². The molecule has 0 fully saturated rings. The second-order valence-corrected chi connectivity index (χ2v) is 7.72. The molecule has 1 atom stereocenters. The molecule has 3 aromatic rings. The van der Waals surface area contributed by atoms with Crippen LogP contribution in [0.5, 0.6) is 0 Å². The van der Waals surface area contributed by atoms with Gasteiger partial charge in [-0.3, -0.25) is 4.98 Å². The Morgan fingerprint density at radius 1 is 1.06 bits per heavy atom. The molecular weight excluding hydrogens is 382 g/mol. The van der Waals surface area contributed by atoms with Gasteiger partial charge in [0.2, 0.25) is 0 Å². The number of nitrogens with one attached hydrogen (secondary N) is 1. The lowest BCUT2D eigenvalue weighted by Gasteiger charge is -2.08. The Morgan fingerprint density at radius 3 is 2.94 bits per heavy atom. The zero-order valence-electron chi connectivity index (χ0n) is 17.4. The van der Waals surface area contributed by atoms with E-state index in [9.17, 15) is 0 Å². The predicted octanol–water partition coefficient (Wildman–Crippen LogP) is 5.97. The molecular formula is C26H23N5. The van der Waals surface area contributed by atoms with Crippen LogP contribution in [0.3, 0.4) is 0 Å². The molecule has 1 aromatic carbocycles. The van der Waals surface area contributed by atoms with Crippen LogP contribution in [0.25, 0.3) is 16.6 Å². The Morgan fingerprint density at radius 2 is 2.03 bits per heavy atom. The van der Waals surface area contributed by atoms with E-state index < -0.39 is 0 Å². The van der Waals surface area contributed by atoms with Crippen molar-refractivity contribution in [1.29, 1.82) is 0 Å². The van der Waals surface area contributed by atoms with Crippen molar-refractivity contribution in [3.05, 3.63) is 96.6 Å². The Kier molecular flexibility index (Phi) is 5.23. The minimum atomic E-state index is 0.222. The van der Waals surface area contributed by atoms with Gasteiger partial charge in [-0.05, 0) is 54.8 Å². The second-order valence-electron chi connectivity index (χ2n) is 7.72. The highest BCUT2D eigenvalue weighted by Crippen LogP contribution is 2.26. The topological polar surface area (TPSA) is 66.3 Å². The zero-order chi connectivity index (χ0) is 21.0.